The van der Waals surface area contributed by atoms with Gasteiger partial charge in [0.15, 0.2) is 0 Å². The molecule has 0 aromatic rings. The van der Waals surface area contributed by atoms with Gasteiger partial charge < -0.3 is 14.8 Å². The van der Waals surface area contributed by atoms with Crippen LogP contribution in [0.4, 0.5) is 0 Å². The molecule has 114 valence electrons. The first kappa shape index (κ1) is 18.7. The number of thioether (sulfide) groups is 1. The highest BCUT2D eigenvalue weighted by molar-refractivity contribution is 7.99. The van der Waals surface area contributed by atoms with Crippen LogP contribution in [0.1, 0.15) is 39.5 Å². The van der Waals surface area contributed by atoms with Gasteiger partial charge in [-0.25, -0.2) is 0 Å². The summed E-state index contributed by atoms with van der Waals surface area (Å²) in [7, 11) is 3.18. The summed E-state index contributed by atoms with van der Waals surface area (Å²) < 4.78 is 9.90. The summed E-state index contributed by atoms with van der Waals surface area (Å²) in [5.41, 5.74) is -0.540. The summed E-state index contributed by atoms with van der Waals surface area (Å²) in [5, 5.41) is 3.31. The van der Waals surface area contributed by atoms with Crippen molar-refractivity contribution in [3.63, 3.8) is 0 Å². The Morgan fingerprint density at radius 1 is 1.26 bits per heavy atom. The summed E-state index contributed by atoms with van der Waals surface area (Å²) >= 11 is 1.90. The molecule has 0 saturated carbocycles. The van der Waals surface area contributed by atoms with Gasteiger partial charge in [0.2, 0.25) is 0 Å². The number of methoxy groups -OCH3 is 2. The van der Waals surface area contributed by atoms with Gasteiger partial charge in [0.05, 0.1) is 13.7 Å². The predicted octanol–water partition coefficient (Wildman–Crippen LogP) is 2.47. The molecule has 1 N–H and O–H groups in total. The van der Waals surface area contributed by atoms with E-state index in [1.54, 1.807) is 7.11 Å². The van der Waals surface area contributed by atoms with Crippen LogP contribution in [0.2, 0.25) is 0 Å². The van der Waals surface area contributed by atoms with Crippen LogP contribution in [0.15, 0.2) is 0 Å². The average Bonchev–Trinajstić information content (AvgIpc) is 2.43. The summed E-state index contributed by atoms with van der Waals surface area (Å²) in [6.45, 7) is 5.68. The Labute approximate surface area is 122 Å². The van der Waals surface area contributed by atoms with Gasteiger partial charge in [-0.3, -0.25) is 4.79 Å². The van der Waals surface area contributed by atoms with Crippen LogP contribution in [0.3, 0.4) is 0 Å². The lowest BCUT2D eigenvalue weighted by molar-refractivity contribution is -0.148. The molecule has 0 aliphatic rings. The fourth-order valence-electron chi connectivity index (χ4n) is 1.82. The van der Waals surface area contributed by atoms with Crippen molar-refractivity contribution in [3.05, 3.63) is 0 Å². The summed E-state index contributed by atoms with van der Waals surface area (Å²) in [6.07, 6.45) is 3.99. The van der Waals surface area contributed by atoms with Crippen molar-refractivity contribution in [2.45, 2.75) is 45.1 Å². The highest BCUT2D eigenvalue weighted by Gasteiger charge is 2.32. The first-order valence-electron chi connectivity index (χ1n) is 7.00. The molecule has 0 fully saturated rings. The van der Waals surface area contributed by atoms with Gasteiger partial charge in [0.1, 0.15) is 5.54 Å². The lowest BCUT2D eigenvalue weighted by atomic mass is 9.95. The second-order valence-corrected chi connectivity index (χ2v) is 6.04. The van der Waals surface area contributed by atoms with Gasteiger partial charge in [-0.1, -0.05) is 13.3 Å². The molecule has 0 heterocycles. The van der Waals surface area contributed by atoms with Crippen LogP contribution in [-0.4, -0.2) is 50.4 Å². The van der Waals surface area contributed by atoms with Crippen LogP contribution in [0.25, 0.3) is 0 Å². The molecule has 0 radical (unpaired) electrons. The number of rotatable bonds is 12. The third kappa shape index (κ3) is 8.50. The van der Waals surface area contributed by atoms with E-state index in [-0.39, 0.29) is 5.97 Å². The maximum absolute atomic E-state index is 11.8. The molecule has 0 aromatic carbocycles. The van der Waals surface area contributed by atoms with E-state index in [4.69, 9.17) is 9.47 Å². The summed E-state index contributed by atoms with van der Waals surface area (Å²) in [4.78, 5) is 11.8. The zero-order chi connectivity index (χ0) is 14.6. The van der Waals surface area contributed by atoms with Crippen molar-refractivity contribution < 1.29 is 14.3 Å². The number of nitrogens with one attached hydrogen (secondary N) is 1. The molecule has 0 aliphatic carbocycles. The van der Waals surface area contributed by atoms with E-state index in [1.807, 2.05) is 18.7 Å². The van der Waals surface area contributed by atoms with Gasteiger partial charge in [0, 0.05) is 12.9 Å². The molecule has 0 saturated heterocycles. The van der Waals surface area contributed by atoms with Crippen molar-refractivity contribution in [3.8, 4) is 0 Å². The molecule has 0 amide bonds. The van der Waals surface area contributed by atoms with E-state index in [0.29, 0.717) is 0 Å². The third-order valence-electron chi connectivity index (χ3n) is 3.05. The van der Waals surface area contributed by atoms with Crippen molar-refractivity contribution in [2.24, 2.45) is 0 Å². The minimum atomic E-state index is -0.540. The molecule has 1 unspecified atom stereocenters. The number of carbonyl (C=O) groups excluding carboxylic acids is 1. The summed E-state index contributed by atoms with van der Waals surface area (Å²) in [5.74, 6) is 2.00. The molecule has 5 heteroatoms. The molecular weight excluding hydrogens is 262 g/mol. The Kier molecular flexibility index (Phi) is 11.4. The Morgan fingerprint density at radius 3 is 2.58 bits per heavy atom. The molecule has 0 rings (SSSR count). The molecule has 0 aromatic heterocycles. The average molecular weight is 291 g/mol. The zero-order valence-electron chi connectivity index (χ0n) is 12.8. The van der Waals surface area contributed by atoms with Crippen molar-refractivity contribution in [1.82, 2.24) is 5.32 Å². The van der Waals surface area contributed by atoms with Crippen LogP contribution in [0.5, 0.6) is 0 Å². The molecule has 0 aliphatic heterocycles. The van der Waals surface area contributed by atoms with E-state index in [9.17, 15) is 4.79 Å². The van der Waals surface area contributed by atoms with E-state index >= 15 is 0 Å². The Bertz CT molecular complexity index is 239. The van der Waals surface area contributed by atoms with Crippen LogP contribution >= 0.6 is 11.8 Å². The maximum atomic E-state index is 11.8. The standard InChI is InChI=1S/C14H29NO3S/c1-5-9-15-14(2,13(16)18-4)8-6-7-11-19-12-10-17-3/h15H,5-12H2,1-4H3. The van der Waals surface area contributed by atoms with Crippen molar-refractivity contribution >= 4 is 17.7 Å². The first-order chi connectivity index (χ1) is 9.10. The van der Waals surface area contributed by atoms with E-state index < -0.39 is 5.54 Å². The fraction of sp³-hybridized carbons (Fsp3) is 0.929. The minimum absolute atomic E-state index is 0.159. The fourth-order valence-corrected chi connectivity index (χ4v) is 2.71. The molecule has 1 atom stereocenters. The number of hydrogen-bond donors (Lipinski definition) is 1. The van der Waals surface area contributed by atoms with Crippen molar-refractivity contribution in [2.75, 3.05) is 38.9 Å². The number of ether oxygens (including phenoxy) is 2. The molecule has 0 bridgehead atoms. The van der Waals surface area contributed by atoms with E-state index in [2.05, 4.69) is 12.2 Å². The highest BCUT2D eigenvalue weighted by Crippen LogP contribution is 2.17. The first-order valence-corrected chi connectivity index (χ1v) is 8.16. The van der Waals surface area contributed by atoms with Crippen LogP contribution in [0, 0.1) is 0 Å². The number of carbonyl (C=O) groups is 1. The van der Waals surface area contributed by atoms with E-state index in [0.717, 1.165) is 50.3 Å². The Hall–Kier alpha value is -0.260. The minimum Gasteiger partial charge on any atom is -0.468 e. The quantitative estimate of drug-likeness (QED) is 0.442. The third-order valence-corrected chi connectivity index (χ3v) is 4.08. The summed E-state index contributed by atoms with van der Waals surface area (Å²) in [6, 6.07) is 0. The Balaban J connectivity index is 3.89. The van der Waals surface area contributed by atoms with E-state index in [1.165, 1.54) is 7.11 Å². The lowest BCUT2D eigenvalue weighted by Crippen LogP contribution is -2.50. The molecule has 0 spiro atoms. The van der Waals surface area contributed by atoms with Gasteiger partial charge in [0.25, 0.3) is 0 Å². The van der Waals surface area contributed by atoms with Gasteiger partial charge in [-0.05, 0) is 38.5 Å². The highest BCUT2D eigenvalue weighted by atomic mass is 32.2. The van der Waals surface area contributed by atoms with Crippen LogP contribution < -0.4 is 5.32 Å². The molecular formula is C14H29NO3S. The monoisotopic (exact) mass is 291 g/mol. The number of esters is 1. The SMILES string of the molecule is CCCNC(C)(CCCCSCCOC)C(=O)OC. The van der Waals surface area contributed by atoms with Gasteiger partial charge in [-0.2, -0.15) is 11.8 Å². The van der Waals surface area contributed by atoms with Crippen LogP contribution in [-0.2, 0) is 14.3 Å². The molecule has 19 heavy (non-hydrogen) atoms. The zero-order valence-corrected chi connectivity index (χ0v) is 13.6. The lowest BCUT2D eigenvalue weighted by Gasteiger charge is -2.28. The maximum Gasteiger partial charge on any atom is 0.325 e. The number of unbranched alkanes of at least 4 members (excludes halogenated alkanes) is 1. The molecule has 4 nitrogen and oxygen atoms in total. The predicted molar refractivity (Wildman–Crippen MR) is 81.8 cm³/mol. The smallest absolute Gasteiger partial charge is 0.325 e. The Morgan fingerprint density at radius 2 is 2.00 bits per heavy atom. The second kappa shape index (κ2) is 11.6. The van der Waals surface area contributed by atoms with Crippen molar-refractivity contribution in [1.29, 1.82) is 0 Å². The van der Waals surface area contributed by atoms with Gasteiger partial charge in [-0.15, -0.1) is 0 Å². The normalized spacial score (nSPS) is 14.1. The number of hydrogen-bond acceptors (Lipinski definition) is 5. The topological polar surface area (TPSA) is 47.6 Å². The second-order valence-electron chi connectivity index (χ2n) is 4.81. The van der Waals surface area contributed by atoms with Gasteiger partial charge >= 0.3 is 5.97 Å². The largest absolute Gasteiger partial charge is 0.468 e.